The van der Waals surface area contributed by atoms with E-state index in [0.29, 0.717) is 22.4 Å². The van der Waals surface area contributed by atoms with Crippen molar-refractivity contribution in [3.05, 3.63) is 111 Å². The Balaban J connectivity index is 1.43. The number of benzene rings is 3. The van der Waals surface area contributed by atoms with Crippen LogP contribution in [0, 0.1) is 0 Å². The lowest BCUT2D eigenvalue weighted by Gasteiger charge is -2.42. The number of rotatable bonds is 6. The topological polar surface area (TPSA) is 64.0 Å². The summed E-state index contributed by atoms with van der Waals surface area (Å²) in [5.74, 6) is -0.0895. The minimum atomic E-state index is -0.199. The molecule has 1 N–H and O–H groups in total. The Labute approximate surface area is 237 Å². The Hall–Kier alpha value is -3.35. The van der Waals surface area contributed by atoms with Gasteiger partial charge in [-0.05, 0) is 42.5 Å². The van der Waals surface area contributed by atoms with E-state index in [2.05, 4.69) is 23.5 Å². The summed E-state index contributed by atoms with van der Waals surface area (Å²) >= 11 is 7.53. The first-order valence-electron chi connectivity index (χ1n) is 13.5. The van der Waals surface area contributed by atoms with Gasteiger partial charge in [0, 0.05) is 11.0 Å². The van der Waals surface area contributed by atoms with Crippen LogP contribution in [0.15, 0.2) is 88.8 Å². The highest BCUT2D eigenvalue weighted by Gasteiger charge is 2.43. The second-order valence-electron chi connectivity index (χ2n) is 10.5. The molecule has 0 radical (unpaired) electrons. The maximum absolute atomic E-state index is 14.5. The second-order valence-corrected chi connectivity index (χ2v) is 11.8. The van der Waals surface area contributed by atoms with Crippen LogP contribution in [-0.2, 0) is 23.2 Å². The lowest BCUT2D eigenvalue weighted by molar-refractivity contribution is -0.113. The van der Waals surface area contributed by atoms with Gasteiger partial charge < -0.3 is 5.32 Å². The summed E-state index contributed by atoms with van der Waals surface area (Å²) in [7, 11) is 0. The molecule has 0 aliphatic heterocycles. The minimum Gasteiger partial charge on any atom is -0.324 e. The molecule has 0 bridgehead atoms. The quantitative estimate of drug-likeness (QED) is 0.203. The van der Waals surface area contributed by atoms with E-state index in [1.54, 1.807) is 16.7 Å². The van der Waals surface area contributed by atoms with Crippen LogP contribution in [0.2, 0.25) is 5.02 Å². The first-order valence-corrected chi connectivity index (χ1v) is 14.9. The number of fused-ring (bicyclic) bond motifs is 4. The predicted octanol–water partition coefficient (Wildman–Crippen LogP) is 7.10. The third kappa shape index (κ3) is 5.15. The van der Waals surface area contributed by atoms with Crippen molar-refractivity contribution >= 4 is 35.0 Å². The van der Waals surface area contributed by atoms with Crippen LogP contribution in [0.1, 0.15) is 48.8 Å². The molecule has 3 aromatic carbocycles. The third-order valence-electron chi connectivity index (χ3n) is 7.94. The molecule has 0 saturated heterocycles. The van der Waals surface area contributed by atoms with Gasteiger partial charge in [0.05, 0.1) is 34.3 Å². The number of anilines is 1. The van der Waals surface area contributed by atoms with Crippen molar-refractivity contribution in [1.29, 1.82) is 0 Å². The van der Waals surface area contributed by atoms with Gasteiger partial charge >= 0.3 is 0 Å². The van der Waals surface area contributed by atoms with Gasteiger partial charge in [-0.2, -0.15) is 0 Å². The number of nitrogens with zero attached hydrogens (tertiary/aromatic N) is 2. The Morgan fingerprint density at radius 3 is 2.46 bits per heavy atom. The van der Waals surface area contributed by atoms with Gasteiger partial charge in [-0.15, -0.1) is 0 Å². The lowest BCUT2D eigenvalue weighted by atomic mass is 9.62. The Kier molecular flexibility index (Phi) is 7.32. The molecule has 2 aliphatic rings. The van der Waals surface area contributed by atoms with Crippen LogP contribution in [0.25, 0.3) is 11.3 Å². The number of amides is 1. The molecule has 39 heavy (non-hydrogen) atoms. The van der Waals surface area contributed by atoms with E-state index >= 15 is 0 Å². The summed E-state index contributed by atoms with van der Waals surface area (Å²) < 4.78 is 1.78. The highest BCUT2D eigenvalue weighted by Crippen LogP contribution is 2.48. The van der Waals surface area contributed by atoms with Gasteiger partial charge in [0.25, 0.3) is 5.56 Å². The highest BCUT2D eigenvalue weighted by atomic mass is 35.5. The van der Waals surface area contributed by atoms with Gasteiger partial charge in [0.2, 0.25) is 5.91 Å². The maximum Gasteiger partial charge on any atom is 0.258 e. The summed E-state index contributed by atoms with van der Waals surface area (Å²) in [6.45, 7) is 0.409. The van der Waals surface area contributed by atoms with E-state index in [-0.39, 0.29) is 22.6 Å². The maximum atomic E-state index is 14.5. The van der Waals surface area contributed by atoms with E-state index in [1.807, 2.05) is 48.5 Å². The van der Waals surface area contributed by atoms with Gasteiger partial charge in [0.1, 0.15) is 0 Å². The number of para-hydroxylation sites is 1. The van der Waals surface area contributed by atoms with Crippen LogP contribution in [0.3, 0.4) is 0 Å². The predicted molar refractivity (Wildman–Crippen MR) is 159 cm³/mol. The van der Waals surface area contributed by atoms with Gasteiger partial charge in [-0.3, -0.25) is 14.2 Å². The fourth-order valence-electron chi connectivity index (χ4n) is 6.12. The fourth-order valence-corrected chi connectivity index (χ4v) is 7.09. The van der Waals surface area contributed by atoms with Gasteiger partial charge in [0.15, 0.2) is 5.16 Å². The van der Waals surface area contributed by atoms with Crippen molar-refractivity contribution in [3.8, 4) is 11.3 Å². The monoisotopic (exact) mass is 555 g/mol. The normalized spacial score (nSPS) is 15.4. The number of carbonyl (C=O) groups is 1. The van der Waals surface area contributed by atoms with Crippen LogP contribution in [-0.4, -0.2) is 21.2 Å². The van der Waals surface area contributed by atoms with Crippen LogP contribution < -0.4 is 10.9 Å². The number of aromatic nitrogens is 2. The molecule has 5 nitrogen and oxygen atoms in total. The number of hydrogen-bond acceptors (Lipinski definition) is 4. The molecule has 1 saturated carbocycles. The zero-order valence-electron chi connectivity index (χ0n) is 21.7. The zero-order chi connectivity index (χ0) is 26.8. The SMILES string of the molecule is O=C(CSc1nc2c(c(=O)n1Cc1ccccc1)C1(CCCCC1)Cc1ccccc1-2)Nc1ccccc1Cl. The molecular formula is C32H30ClN3O2S. The molecule has 1 heterocycles. The Bertz CT molecular complexity index is 1580. The first-order chi connectivity index (χ1) is 19.0. The summed E-state index contributed by atoms with van der Waals surface area (Å²) in [6.07, 6.45) is 6.34. The summed E-state index contributed by atoms with van der Waals surface area (Å²) in [6, 6.07) is 25.5. The van der Waals surface area contributed by atoms with Gasteiger partial charge in [-0.1, -0.05) is 109 Å². The summed E-state index contributed by atoms with van der Waals surface area (Å²) in [5, 5.41) is 3.92. The Morgan fingerprint density at radius 1 is 0.949 bits per heavy atom. The smallest absolute Gasteiger partial charge is 0.258 e. The van der Waals surface area contributed by atoms with E-state index in [0.717, 1.165) is 54.5 Å². The Morgan fingerprint density at radius 2 is 1.67 bits per heavy atom. The van der Waals surface area contributed by atoms with Crippen molar-refractivity contribution in [2.75, 3.05) is 11.1 Å². The molecule has 1 fully saturated rings. The molecule has 2 aliphatic carbocycles. The van der Waals surface area contributed by atoms with E-state index in [4.69, 9.17) is 16.6 Å². The molecule has 6 rings (SSSR count). The third-order valence-corrected chi connectivity index (χ3v) is 9.25. The number of halogens is 1. The number of hydrogen-bond donors (Lipinski definition) is 1. The molecule has 4 aromatic rings. The first kappa shape index (κ1) is 25.9. The molecule has 1 aromatic heterocycles. The molecule has 7 heteroatoms. The average Bonchev–Trinajstić information content (AvgIpc) is 2.95. The van der Waals surface area contributed by atoms with E-state index in [9.17, 15) is 9.59 Å². The van der Waals surface area contributed by atoms with Crippen molar-refractivity contribution in [2.45, 2.75) is 55.6 Å². The fraction of sp³-hybridized carbons (Fsp3) is 0.281. The summed E-state index contributed by atoms with van der Waals surface area (Å²) in [4.78, 5) is 32.6. The number of nitrogens with one attached hydrogen (secondary N) is 1. The van der Waals surface area contributed by atoms with E-state index in [1.165, 1.54) is 23.7 Å². The molecule has 1 amide bonds. The molecule has 1 spiro atoms. The van der Waals surface area contributed by atoms with Crippen molar-refractivity contribution in [3.63, 3.8) is 0 Å². The summed E-state index contributed by atoms with van der Waals surface area (Å²) in [5.41, 5.74) is 5.38. The molecule has 0 unspecified atom stereocenters. The van der Waals surface area contributed by atoms with Crippen LogP contribution >= 0.6 is 23.4 Å². The van der Waals surface area contributed by atoms with Crippen LogP contribution in [0.4, 0.5) is 5.69 Å². The largest absolute Gasteiger partial charge is 0.324 e. The second kappa shape index (κ2) is 11.0. The van der Waals surface area contributed by atoms with Crippen molar-refractivity contribution in [1.82, 2.24) is 9.55 Å². The molecule has 0 atom stereocenters. The van der Waals surface area contributed by atoms with Gasteiger partial charge in [-0.25, -0.2) is 4.98 Å². The standard InChI is InChI=1S/C32H30ClN3O2S/c33-25-15-7-8-16-26(25)34-27(37)21-39-31-35-29-24-14-6-5-13-23(24)19-32(17-9-2-10-18-32)28(29)30(38)36(31)20-22-11-3-1-4-12-22/h1,3-8,11-16H,2,9-10,17-21H2,(H,34,37). The molecular weight excluding hydrogens is 526 g/mol. The minimum absolute atomic E-state index is 0.0225. The van der Waals surface area contributed by atoms with Crippen LogP contribution in [0.5, 0.6) is 0 Å². The van der Waals surface area contributed by atoms with Crippen molar-refractivity contribution in [2.24, 2.45) is 0 Å². The average molecular weight is 556 g/mol. The lowest BCUT2D eigenvalue weighted by Crippen LogP contribution is -2.43. The highest BCUT2D eigenvalue weighted by molar-refractivity contribution is 7.99. The van der Waals surface area contributed by atoms with Crippen molar-refractivity contribution < 1.29 is 4.79 Å². The number of carbonyl (C=O) groups excluding carboxylic acids is 1. The molecule has 198 valence electrons. The van der Waals surface area contributed by atoms with E-state index < -0.39 is 0 Å². The number of thioether (sulfide) groups is 1. The zero-order valence-corrected chi connectivity index (χ0v) is 23.2.